The van der Waals surface area contributed by atoms with Crippen molar-refractivity contribution in [2.45, 2.75) is 27.2 Å². The van der Waals surface area contributed by atoms with Crippen LogP contribution in [-0.2, 0) is 16.4 Å². The summed E-state index contributed by atoms with van der Waals surface area (Å²) in [5.41, 5.74) is 1.23. The zero-order valence-corrected chi connectivity index (χ0v) is 11.2. The lowest BCUT2D eigenvalue weighted by molar-refractivity contribution is 0.477. The molecule has 0 heterocycles. The Kier molecular flexibility index (Phi) is 4.40. The van der Waals surface area contributed by atoms with E-state index >= 15 is 0 Å². The Morgan fingerprint density at radius 3 is 2.53 bits per heavy atom. The molecule has 0 fully saturated rings. The molecule has 1 aromatic rings. The van der Waals surface area contributed by atoms with Crippen LogP contribution in [0.3, 0.4) is 0 Å². The maximum absolute atomic E-state index is 11.7. The van der Waals surface area contributed by atoms with E-state index in [0.29, 0.717) is 0 Å². The lowest BCUT2D eigenvalue weighted by atomic mass is 10.1. The number of hydrogen-bond donors (Lipinski definition) is 2. The third kappa shape index (κ3) is 4.26. The van der Waals surface area contributed by atoms with Crippen LogP contribution >= 0.6 is 0 Å². The molecule has 4 nitrogen and oxygen atoms in total. The Labute approximate surface area is 103 Å². The van der Waals surface area contributed by atoms with E-state index in [9.17, 15) is 13.5 Å². The molecule has 0 radical (unpaired) electrons. The van der Waals surface area contributed by atoms with Crippen molar-refractivity contribution in [2.24, 2.45) is 5.92 Å². The first-order valence-electron chi connectivity index (χ1n) is 5.66. The number of benzene rings is 1. The SMILES string of the molecule is CCc1ccc(O)c(NS(=O)(=O)CC(C)C)c1. The Balaban J connectivity index is 2.94. The van der Waals surface area contributed by atoms with Crippen LogP contribution in [0.5, 0.6) is 5.75 Å². The van der Waals surface area contributed by atoms with E-state index in [1.54, 1.807) is 12.1 Å². The third-order valence-corrected chi connectivity index (χ3v) is 3.92. The number of sulfonamides is 1. The third-order valence-electron chi connectivity index (χ3n) is 2.29. The number of rotatable bonds is 5. The van der Waals surface area contributed by atoms with Gasteiger partial charge in [0.1, 0.15) is 5.75 Å². The molecule has 0 bridgehead atoms. The lowest BCUT2D eigenvalue weighted by Crippen LogP contribution is -2.20. The highest BCUT2D eigenvalue weighted by molar-refractivity contribution is 7.92. The molecule has 1 rings (SSSR count). The normalized spacial score (nSPS) is 11.8. The molecule has 0 saturated carbocycles. The van der Waals surface area contributed by atoms with E-state index < -0.39 is 10.0 Å². The summed E-state index contributed by atoms with van der Waals surface area (Å²) < 4.78 is 25.9. The summed E-state index contributed by atoms with van der Waals surface area (Å²) >= 11 is 0. The Morgan fingerprint density at radius 2 is 2.00 bits per heavy atom. The van der Waals surface area contributed by atoms with E-state index in [4.69, 9.17) is 0 Å². The van der Waals surface area contributed by atoms with Crippen LogP contribution < -0.4 is 4.72 Å². The molecule has 0 aliphatic rings. The fourth-order valence-electron chi connectivity index (χ4n) is 1.53. The highest BCUT2D eigenvalue weighted by atomic mass is 32.2. The molecule has 0 atom stereocenters. The Morgan fingerprint density at radius 1 is 1.35 bits per heavy atom. The molecule has 0 aliphatic heterocycles. The zero-order chi connectivity index (χ0) is 13.1. The lowest BCUT2D eigenvalue weighted by Gasteiger charge is -2.12. The summed E-state index contributed by atoms with van der Waals surface area (Å²) in [5, 5.41) is 9.60. The molecular weight excluding hydrogens is 238 g/mol. The average molecular weight is 257 g/mol. The van der Waals surface area contributed by atoms with Crippen LogP contribution in [-0.4, -0.2) is 19.3 Å². The highest BCUT2D eigenvalue weighted by Crippen LogP contribution is 2.25. The average Bonchev–Trinajstić information content (AvgIpc) is 2.19. The molecule has 5 heteroatoms. The van der Waals surface area contributed by atoms with Crippen LogP contribution in [0.2, 0.25) is 0 Å². The van der Waals surface area contributed by atoms with Crippen LogP contribution in [0.25, 0.3) is 0 Å². The molecule has 2 N–H and O–H groups in total. The van der Waals surface area contributed by atoms with Crippen molar-refractivity contribution in [2.75, 3.05) is 10.5 Å². The predicted octanol–water partition coefficient (Wildman–Crippen LogP) is 2.35. The molecule has 0 spiro atoms. The van der Waals surface area contributed by atoms with Crippen LogP contribution in [0.15, 0.2) is 18.2 Å². The highest BCUT2D eigenvalue weighted by Gasteiger charge is 2.15. The number of aryl methyl sites for hydroxylation is 1. The van der Waals surface area contributed by atoms with Gasteiger partial charge >= 0.3 is 0 Å². The van der Waals surface area contributed by atoms with Gasteiger partial charge in [0.25, 0.3) is 0 Å². The smallest absolute Gasteiger partial charge is 0.233 e. The van der Waals surface area contributed by atoms with Gasteiger partial charge in [-0.2, -0.15) is 0 Å². The number of phenols is 1. The number of anilines is 1. The minimum absolute atomic E-state index is 0.0444. The molecule has 1 aromatic carbocycles. The van der Waals surface area contributed by atoms with Gasteiger partial charge in [0.05, 0.1) is 11.4 Å². The number of aromatic hydroxyl groups is 1. The predicted molar refractivity (Wildman–Crippen MR) is 69.7 cm³/mol. The zero-order valence-electron chi connectivity index (χ0n) is 10.4. The fraction of sp³-hybridized carbons (Fsp3) is 0.500. The molecule has 17 heavy (non-hydrogen) atoms. The van der Waals surface area contributed by atoms with Crippen molar-refractivity contribution in [1.82, 2.24) is 0 Å². The maximum atomic E-state index is 11.7. The summed E-state index contributed by atoms with van der Waals surface area (Å²) in [4.78, 5) is 0. The van der Waals surface area contributed by atoms with E-state index in [1.165, 1.54) is 6.07 Å². The first kappa shape index (κ1) is 13.8. The fourth-order valence-corrected chi connectivity index (χ4v) is 2.99. The Hall–Kier alpha value is -1.23. The largest absolute Gasteiger partial charge is 0.506 e. The molecule has 0 unspecified atom stereocenters. The number of nitrogens with one attached hydrogen (secondary N) is 1. The van der Waals surface area contributed by atoms with Crippen LogP contribution in [0.1, 0.15) is 26.3 Å². The molecule has 0 aromatic heterocycles. The molecule has 0 amide bonds. The summed E-state index contributed by atoms with van der Waals surface area (Å²) in [6, 6.07) is 4.94. The molecular formula is C12H19NO3S. The minimum Gasteiger partial charge on any atom is -0.506 e. The van der Waals surface area contributed by atoms with Crippen molar-refractivity contribution >= 4 is 15.7 Å². The van der Waals surface area contributed by atoms with Gasteiger partial charge < -0.3 is 5.11 Å². The molecule has 96 valence electrons. The summed E-state index contributed by atoms with van der Waals surface area (Å²) in [5.74, 6) is 0.0431. The second kappa shape index (κ2) is 5.40. The van der Waals surface area contributed by atoms with Gasteiger partial charge in [0.2, 0.25) is 10.0 Å². The van der Waals surface area contributed by atoms with E-state index in [-0.39, 0.29) is 23.1 Å². The maximum Gasteiger partial charge on any atom is 0.233 e. The van der Waals surface area contributed by atoms with Crippen molar-refractivity contribution in [3.63, 3.8) is 0 Å². The van der Waals surface area contributed by atoms with E-state index in [0.717, 1.165) is 12.0 Å². The molecule has 0 saturated heterocycles. The van der Waals surface area contributed by atoms with Crippen molar-refractivity contribution in [3.8, 4) is 5.75 Å². The van der Waals surface area contributed by atoms with Gasteiger partial charge in [-0.3, -0.25) is 4.72 Å². The van der Waals surface area contributed by atoms with Crippen molar-refractivity contribution < 1.29 is 13.5 Å². The van der Waals surface area contributed by atoms with Gasteiger partial charge in [0, 0.05) is 0 Å². The second-order valence-electron chi connectivity index (χ2n) is 4.48. The van der Waals surface area contributed by atoms with Gasteiger partial charge in [-0.15, -0.1) is 0 Å². The van der Waals surface area contributed by atoms with Gasteiger partial charge in [-0.05, 0) is 30.0 Å². The number of hydrogen-bond acceptors (Lipinski definition) is 3. The van der Waals surface area contributed by atoms with Crippen molar-refractivity contribution in [3.05, 3.63) is 23.8 Å². The van der Waals surface area contributed by atoms with Gasteiger partial charge in [-0.1, -0.05) is 26.8 Å². The van der Waals surface area contributed by atoms with E-state index in [1.807, 2.05) is 20.8 Å². The Bertz CT molecular complexity index is 481. The van der Waals surface area contributed by atoms with Gasteiger partial charge in [-0.25, -0.2) is 8.42 Å². The van der Waals surface area contributed by atoms with Crippen LogP contribution in [0, 0.1) is 5.92 Å². The summed E-state index contributed by atoms with van der Waals surface area (Å²) in [6.45, 7) is 5.64. The first-order valence-corrected chi connectivity index (χ1v) is 7.31. The first-order chi connectivity index (χ1) is 7.84. The van der Waals surface area contributed by atoms with Crippen molar-refractivity contribution in [1.29, 1.82) is 0 Å². The standard InChI is InChI=1S/C12H19NO3S/c1-4-10-5-6-12(14)11(7-10)13-17(15,16)8-9(2)3/h5-7,9,13-14H,4,8H2,1-3H3. The summed E-state index contributed by atoms with van der Waals surface area (Å²) in [7, 11) is -3.39. The minimum atomic E-state index is -3.39. The van der Waals surface area contributed by atoms with Crippen LogP contribution in [0.4, 0.5) is 5.69 Å². The topological polar surface area (TPSA) is 66.4 Å². The molecule has 0 aliphatic carbocycles. The van der Waals surface area contributed by atoms with Gasteiger partial charge in [0.15, 0.2) is 0 Å². The quantitative estimate of drug-likeness (QED) is 0.796. The number of phenolic OH excluding ortho intramolecular Hbond substituents is 1. The van der Waals surface area contributed by atoms with E-state index in [2.05, 4.69) is 4.72 Å². The second-order valence-corrected chi connectivity index (χ2v) is 6.25. The monoisotopic (exact) mass is 257 g/mol. The summed E-state index contributed by atoms with van der Waals surface area (Å²) in [6.07, 6.45) is 0.791.